The minimum atomic E-state index is 0.0668. The predicted octanol–water partition coefficient (Wildman–Crippen LogP) is 1.76. The van der Waals surface area contributed by atoms with E-state index in [1.165, 1.54) is 17.8 Å². The number of piperidine rings is 1. The Balaban J connectivity index is 1.44. The number of amides is 1. The number of carbonyl (C=O) groups is 1. The van der Waals surface area contributed by atoms with Gasteiger partial charge in [0.2, 0.25) is 0 Å². The van der Waals surface area contributed by atoms with E-state index in [0.717, 1.165) is 49.6 Å². The molecule has 2 aromatic rings. The standard InChI is InChI=1S/C16H21N5OS/c1-20-9-12(8-18-20)14-19-13(10-23-14)15(22)21-6-3-16(4-7-21)2-5-17-11-16/h8-10,17H,2-7,11H2,1H3. The summed E-state index contributed by atoms with van der Waals surface area (Å²) in [5.41, 5.74) is 1.96. The zero-order valence-electron chi connectivity index (χ0n) is 13.3. The minimum absolute atomic E-state index is 0.0668. The van der Waals surface area contributed by atoms with Crippen LogP contribution >= 0.6 is 11.3 Å². The second kappa shape index (κ2) is 5.72. The molecule has 2 saturated heterocycles. The topological polar surface area (TPSA) is 63.1 Å². The first-order chi connectivity index (χ1) is 11.2. The van der Waals surface area contributed by atoms with Crippen LogP contribution < -0.4 is 5.32 Å². The number of hydrogen-bond donors (Lipinski definition) is 1. The van der Waals surface area contributed by atoms with E-state index in [-0.39, 0.29) is 5.91 Å². The summed E-state index contributed by atoms with van der Waals surface area (Å²) in [5.74, 6) is 0.0668. The summed E-state index contributed by atoms with van der Waals surface area (Å²) in [6, 6.07) is 0. The molecule has 7 heteroatoms. The van der Waals surface area contributed by atoms with E-state index in [2.05, 4.69) is 15.4 Å². The molecule has 6 nitrogen and oxygen atoms in total. The highest BCUT2D eigenvalue weighted by Gasteiger charge is 2.38. The van der Waals surface area contributed by atoms with Gasteiger partial charge in [0.15, 0.2) is 0 Å². The highest BCUT2D eigenvalue weighted by molar-refractivity contribution is 7.13. The van der Waals surface area contributed by atoms with E-state index in [1.54, 1.807) is 10.9 Å². The maximum atomic E-state index is 12.7. The van der Waals surface area contributed by atoms with E-state index in [1.807, 2.05) is 23.5 Å². The summed E-state index contributed by atoms with van der Waals surface area (Å²) in [4.78, 5) is 19.2. The Morgan fingerprint density at radius 3 is 2.83 bits per heavy atom. The third kappa shape index (κ3) is 2.79. The number of carbonyl (C=O) groups excluding carboxylic acids is 1. The number of rotatable bonds is 2. The molecule has 0 bridgehead atoms. The molecule has 1 spiro atoms. The molecule has 0 atom stereocenters. The lowest BCUT2D eigenvalue weighted by Crippen LogP contribution is -2.44. The molecule has 2 aliphatic rings. The first-order valence-electron chi connectivity index (χ1n) is 8.10. The summed E-state index contributed by atoms with van der Waals surface area (Å²) < 4.78 is 1.75. The summed E-state index contributed by atoms with van der Waals surface area (Å²) >= 11 is 1.51. The Morgan fingerprint density at radius 1 is 1.35 bits per heavy atom. The van der Waals surface area contributed by atoms with Gasteiger partial charge in [-0.25, -0.2) is 4.98 Å². The van der Waals surface area contributed by atoms with Gasteiger partial charge in [0.25, 0.3) is 5.91 Å². The fourth-order valence-electron chi connectivity index (χ4n) is 3.60. The Bertz CT molecular complexity index is 706. The monoisotopic (exact) mass is 331 g/mol. The lowest BCUT2D eigenvalue weighted by atomic mass is 9.78. The van der Waals surface area contributed by atoms with Crippen LogP contribution in [0.25, 0.3) is 10.6 Å². The molecule has 2 fully saturated rings. The van der Waals surface area contributed by atoms with Crippen LogP contribution in [0.3, 0.4) is 0 Å². The van der Waals surface area contributed by atoms with Gasteiger partial charge in [-0.2, -0.15) is 5.10 Å². The van der Waals surface area contributed by atoms with Gasteiger partial charge < -0.3 is 10.2 Å². The van der Waals surface area contributed by atoms with Crippen LogP contribution in [-0.2, 0) is 7.05 Å². The molecular weight excluding hydrogens is 310 g/mol. The second-order valence-electron chi connectivity index (χ2n) is 6.66. The number of thiazole rings is 1. The molecule has 4 rings (SSSR count). The summed E-state index contributed by atoms with van der Waals surface area (Å²) in [7, 11) is 1.88. The number of aromatic nitrogens is 3. The molecule has 0 saturated carbocycles. The van der Waals surface area contributed by atoms with Gasteiger partial charge >= 0.3 is 0 Å². The molecule has 1 amide bonds. The number of nitrogens with zero attached hydrogens (tertiary/aromatic N) is 4. The second-order valence-corrected chi connectivity index (χ2v) is 7.52. The lowest BCUT2D eigenvalue weighted by Gasteiger charge is -2.38. The zero-order chi connectivity index (χ0) is 15.9. The third-order valence-electron chi connectivity index (χ3n) is 5.12. The molecule has 2 aliphatic heterocycles. The largest absolute Gasteiger partial charge is 0.337 e. The number of hydrogen-bond acceptors (Lipinski definition) is 5. The molecule has 0 unspecified atom stereocenters. The highest BCUT2D eigenvalue weighted by atomic mass is 32.1. The zero-order valence-corrected chi connectivity index (χ0v) is 14.1. The van der Waals surface area contributed by atoms with Crippen molar-refractivity contribution >= 4 is 17.2 Å². The minimum Gasteiger partial charge on any atom is -0.337 e. The van der Waals surface area contributed by atoms with Crippen molar-refractivity contribution in [2.24, 2.45) is 12.5 Å². The van der Waals surface area contributed by atoms with Crippen molar-refractivity contribution in [1.29, 1.82) is 0 Å². The van der Waals surface area contributed by atoms with Crippen molar-refractivity contribution in [2.75, 3.05) is 26.2 Å². The van der Waals surface area contributed by atoms with Crippen molar-refractivity contribution in [2.45, 2.75) is 19.3 Å². The van der Waals surface area contributed by atoms with Gasteiger partial charge in [0.05, 0.1) is 6.20 Å². The van der Waals surface area contributed by atoms with Gasteiger partial charge in [-0.15, -0.1) is 11.3 Å². The first kappa shape index (κ1) is 14.8. The smallest absolute Gasteiger partial charge is 0.273 e. The highest BCUT2D eigenvalue weighted by Crippen LogP contribution is 2.37. The van der Waals surface area contributed by atoms with Crippen LogP contribution in [0.4, 0.5) is 0 Å². The Morgan fingerprint density at radius 2 is 2.17 bits per heavy atom. The average molecular weight is 331 g/mol. The molecule has 4 heterocycles. The number of nitrogens with one attached hydrogen (secondary N) is 1. The van der Waals surface area contributed by atoms with E-state index in [9.17, 15) is 4.79 Å². The molecule has 0 radical (unpaired) electrons. The molecule has 2 aromatic heterocycles. The first-order valence-corrected chi connectivity index (χ1v) is 8.98. The van der Waals surface area contributed by atoms with E-state index >= 15 is 0 Å². The third-order valence-corrected chi connectivity index (χ3v) is 6.01. The lowest BCUT2D eigenvalue weighted by molar-refractivity contribution is 0.0603. The normalized spacial score (nSPS) is 20.3. The SMILES string of the molecule is Cn1cc(-c2nc(C(=O)N3CCC4(CCNC4)CC3)cs2)cn1. The quantitative estimate of drug-likeness (QED) is 0.911. The molecule has 0 aliphatic carbocycles. The van der Waals surface area contributed by atoms with Crippen LogP contribution in [0, 0.1) is 5.41 Å². The van der Waals surface area contributed by atoms with Crippen molar-refractivity contribution in [3.05, 3.63) is 23.5 Å². The van der Waals surface area contributed by atoms with Crippen molar-refractivity contribution in [3.63, 3.8) is 0 Å². The fourth-order valence-corrected chi connectivity index (χ4v) is 4.37. The molecule has 0 aromatic carbocycles. The Labute approximate surface area is 139 Å². The molecule has 1 N–H and O–H groups in total. The Hall–Kier alpha value is -1.73. The van der Waals surface area contributed by atoms with Gasteiger partial charge in [-0.3, -0.25) is 9.48 Å². The Kier molecular flexibility index (Phi) is 3.69. The van der Waals surface area contributed by atoms with E-state index < -0.39 is 0 Å². The fraction of sp³-hybridized carbons (Fsp3) is 0.562. The van der Waals surface area contributed by atoms with Gasteiger partial charge in [-0.05, 0) is 31.2 Å². The van der Waals surface area contributed by atoms with E-state index in [0.29, 0.717) is 11.1 Å². The van der Waals surface area contributed by atoms with Gasteiger partial charge in [0, 0.05) is 43.8 Å². The van der Waals surface area contributed by atoms with Crippen molar-refractivity contribution in [3.8, 4) is 10.6 Å². The van der Waals surface area contributed by atoms with Crippen molar-refractivity contribution in [1.82, 2.24) is 25.0 Å². The van der Waals surface area contributed by atoms with Crippen LogP contribution in [0.2, 0.25) is 0 Å². The number of likely N-dealkylation sites (tertiary alicyclic amines) is 1. The number of aryl methyl sites for hydroxylation is 1. The van der Waals surface area contributed by atoms with Crippen LogP contribution in [0.15, 0.2) is 17.8 Å². The van der Waals surface area contributed by atoms with Crippen molar-refractivity contribution < 1.29 is 4.79 Å². The average Bonchev–Trinajstić information content (AvgIpc) is 3.28. The molecule has 23 heavy (non-hydrogen) atoms. The maximum absolute atomic E-state index is 12.7. The predicted molar refractivity (Wildman–Crippen MR) is 89.4 cm³/mol. The summed E-state index contributed by atoms with van der Waals surface area (Å²) in [6.45, 7) is 3.92. The van der Waals surface area contributed by atoms with E-state index in [4.69, 9.17) is 0 Å². The van der Waals surface area contributed by atoms with Gasteiger partial charge in [0.1, 0.15) is 10.7 Å². The molecule has 122 valence electrons. The maximum Gasteiger partial charge on any atom is 0.273 e. The summed E-state index contributed by atoms with van der Waals surface area (Å²) in [6.07, 6.45) is 7.16. The molecular formula is C16H21N5OS. The van der Waals surface area contributed by atoms with Gasteiger partial charge in [-0.1, -0.05) is 0 Å². The van der Waals surface area contributed by atoms with Crippen LogP contribution in [0.5, 0.6) is 0 Å². The summed E-state index contributed by atoms with van der Waals surface area (Å²) in [5, 5.41) is 10.3. The van der Waals surface area contributed by atoms with Crippen LogP contribution in [0.1, 0.15) is 29.8 Å². The van der Waals surface area contributed by atoms with Crippen LogP contribution in [-0.4, -0.2) is 51.8 Å².